The van der Waals surface area contributed by atoms with Crippen LogP contribution in [0, 0.1) is 6.92 Å². The number of fused-ring (bicyclic) bond motifs is 1. The Morgan fingerprint density at radius 1 is 1.28 bits per heavy atom. The van der Waals surface area contributed by atoms with Crippen molar-refractivity contribution in [2.24, 2.45) is 0 Å². The Morgan fingerprint density at radius 3 is 2.84 bits per heavy atom. The number of carbonyl (C=O) groups is 1. The zero-order valence-corrected chi connectivity index (χ0v) is 17.3. The maximum Gasteiger partial charge on any atom is 0.248 e. The van der Waals surface area contributed by atoms with E-state index >= 15 is 0 Å². The summed E-state index contributed by atoms with van der Waals surface area (Å²) in [7, 11) is 1.59. The standard InChI is InChI=1S/C17H13Br2N3O2S/c1-9-3-5-13-16(22-25-21-13)15(9)20-14(23)6-4-10-7-11(18)8-12(19)17(10)24-2/h3-8H,1-2H3,(H,20,23)/b6-4+. The molecule has 3 aromatic rings. The predicted molar refractivity (Wildman–Crippen MR) is 108 cm³/mol. The number of anilines is 1. The van der Waals surface area contributed by atoms with E-state index in [-0.39, 0.29) is 5.91 Å². The van der Waals surface area contributed by atoms with Gasteiger partial charge in [-0.3, -0.25) is 4.79 Å². The molecule has 0 aliphatic carbocycles. The van der Waals surface area contributed by atoms with Crippen LogP contribution < -0.4 is 10.1 Å². The molecule has 1 aromatic heterocycles. The van der Waals surface area contributed by atoms with Gasteiger partial charge in [0.05, 0.1) is 29.0 Å². The van der Waals surface area contributed by atoms with Crippen molar-refractivity contribution in [1.29, 1.82) is 0 Å². The molecule has 0 saturated heterocycles. The van der Waals surface area contributed by atoms with Crippen molar-refractivity contribution < 1.29 is 9.53 Å². The number of halogens is 2. The molecule has 0 aliphatic heterocycles. The Kier molecular flexibility index (Phi) is 5.51. The van der Waals surface area contributed by atoms with E-state index < -0.39 is 0 Å². The van der Waals surface area contributed by atoms with E-state index in [4.69, 9.17) is 4.74 Å². The predicted octanol–water partition coefficient (Wildman–Crippen LogP) is 5.19. The highest BCUT2D eigenvalue weighted by Gasteiger charge is 2.11. The SMILES string of the molecule is COc1c(Br)cc(Br)cc1/C=C/C(=O)Nc1c(C)ccc2nsnc12. The van der Waals surface area contributed by atoms with E-state index in [0.29, 0.717) is 17.0 Å². The van der Waals surface area contributed by atoms with Gasteiger partial charge >= 0.3 is 0 Å². The highest BCUT2D eigenvalue weighted by molar-refractivity contribution is 9.11. The van der Waals surface area contributed by atoms with E-state index in [1.165, 1.54) is 6.08 Å². The minimum absolute atomic E-state index is 0.248. The van der Waals surface area contributed by atoms with Crippen LogP contribution in [-0.2, 0) is 4.79 Å². The van der Waals surface area contributed by atoms with Crippen LogP contribution in [0.3, 0.4) is 0 Å². The van der Waals surface area contributed by atoms with Crippen molar-refractivity contribution in [1.82, 2.24) is 8.75 Å². The molecule has 0 fully saturated rings. The lowest BCUT2D eigenvalue weighted by molar-refractivity contribution is -0.111. The Balaban J connectivity index is 1.87. The molecule has 2 aromatic carbocycles. The molecule has 0 aliphatic rings. The van der Waals surface area contributed by atoms with Crippen molar-refractivity contribution in [2.45, 2.75) is 6.92 Å². The molecule has 0 atom stereocenters. The summed E-state index contributed by atoms with van der Waals surface area (Å²) < 4.78 is 15.5. The van der Waals surface area contributed by atoms with Crippen LogP contribution in [0.1, 0.15) is 11.1 Å². The molecule has 8 heteroatoms. The number of nitrogens with zero attached hydrogens (tertiary/aromatic N) is 2. The van der Waals surface area contributed by atoms with E-state index in [1.54, 1.807) is 13.2 Å². The third-order valence-corrected chi connectivity index (χ3v) is 5.13. The molecule has 0 saturated carbocycles. The van der Waals surface area contributed by atoms with Crippen molar-refractivity contribution in [3.8, 4) is 5.75 Å². The second kappa shape index (κ2) is 7.63. The monoisotopic (exact) mass is 481 g/mol. The molecule has 0 radical (unpaired) electrons. The van der Waals surface area contributed by atoms with E-state index in [0.717, 1.165) is 37.3 Å². The average Bonchev–Trinajstić information content (AvgIpc) is 3.04. The van der Waals surface area contributed by atoms with Crippen molar-refractivity contribution in [3.63, 3.8) is 0 Å². The highest BCUT2D eigenvalue weighted by atomic mass is 79.9. The van der Waals surface area contributed by atoms with Gasteiger partial charge in [-0.2, -0.15) is 8.75 Å². The number of aromatic nitrogens is 2. The molecule has 5 nitrogen and oxygen atoms in total. The zero-order chi connectivity index (χ0) is 18.0. The van der Waals surface area contributed by atoms with E-state index in [2.05, 4.69) is 45.9 Å². The first-order valence-electron chi connectivity index (χ1n) is 7.23. The molecule has 25 heavy (non-hydrogen) atoms. The van der Waals surface area contributed by atoms with Crippen LogP contribution in [0.15, 0.2) is 39.3 Å². The Morgan fingerprint density at radius 2 is 2.08 bits per heavy atom. The average molecular weight is 483 g/mol. The third-order valence-electron chi connectivity index (χ3n) is 3.54. The zero-order valence-electron chi connectivity index (χ0n) is 13.3. The molecule has 0 unspecified atom stereocenters. The van der Waals surface area contributed by atoms with Gasteiger partial charge in [0.15, 0.2) is 0 Å². The van der Waals surface area contributed by atoms with Gasteiger partial charge in [0, 0.05) is 16.1 Å². The summed E-state index contributed by atoms with van der Waals surface area (Å²) in [6.45, 7) is 1.92. The van der Waals surface area contributed by atoms with Gasteiger partial charge in [-0.15, -0.1) is 0 Å². The molecule has 1 heterocycles. The maximum absolute atomic E-state index is 12.4. The highest BCUT2D eigenvalue weighted by Crippen LogP contribution is 2.33. The first-order chi connectivity index (χ1) is 12.0. The van der Waals surface area contributed by atoms with Gasteiger partial charge in [-0.25, -0.2) is 0 Å². The molecule has 0 bridgehead atoms. The number of amides is 1. The first-order valence-corrected chi connectivity index (χ1v) is 9.55. The quantitative estimate of drug-likeness (QED) is 0.520. The lowest BCUT2D eigenvalue weighted by Crippen LogP contribution is -2.09. The van der Waals surface area contributed by atoms with Gasteiger partial charge in [0.25, 0.3) is 0 Å². The normalized spacial score (nSPS) is 11.2. The number of methoxy groups -OCH3 is 1. The van der Waals surface area contributed by atoms with Crippen LogP contribution in [0.25, 0.3) is 17.1 Å². The summed E-state index contributed by atoms with van der Waals surface area (Å²) in [5, 5.41) is 2.89. The minimum atomic E-state index is -0.248. The summed E-state index contributed by atoms with van der Waals surface area (Å²) in [6.07, 6.45) is 3.17. The van der Waals surface area contributed by atoms with E-state index in [1.807, 2.05) is 31.2 Å². The van der Waals surface area contributed by atoms with Gasteiger partial charge in [-0.1, -0.05) is 22.0 Å². The second-order valence-electron chi connectivity index (χ2n) is 5.22. The molecule has 1 N–H and O–H groups in total. The van der Waals surface area contributed by atoms with Crippen LogP contribution in [-0.4, -0.2) is 21.8 Å². The number of rotatable bonds is 4. The van der Waals surface area contributed by atoms with Crippen LogP contribution in [0.4, 0.5) is 5.69 Å². The van der Waals surface area contributed by atoms with Gasteiger partial charge in [-0.05, 0) is 52.7 Å². The smallest absolute Gasteiger partial charge is 0.248 e. The van der Waals surface area contributed by atoms with Crippen LogP contribution in [0.5, 0.6) is 5.75 Å². The number of hydrogen-bond acceptors (Lipinski definition) is 5. The summed E-state index contributed by atoms with van der Waals surface area (Å²) in [4.78, 5) is 12.4. The number of hydrogen-bond donors (Lipinski definition) is 1. The van der Waals surface area contributed by atoms with Gasteiger partial charge in [0.2, 0.25) is 5.91 Å². The van der Waals surface area contributed by atoms with Gasteiger partial charge in [0.1, 0.15) is 16.8 Å². The molecular formula is C17H13Br2N3O2S. The Bertz CT molecular complexity index is 985. The number of carbonyl (C=O) groups excluding carboxylic acids is 1. The van der Waals surface area contributed by atoms with Crippen molar-refractivity contribution in [2.75, 3.05) is 12.4 Å². The van der Waals surface area contributed by atoms with Crippen molar-refractivity contribution >= 4 is 72.3 Å². The van der Waals surface area contributed by atoms with Crippen LogP contribution in [0.2, 0.25) is 0 Å². The molecule has 128 valence electrons. The summed E-state index contributed by atoms with van der Waals surface area (Å²) >= 11 is 8.01. The lowest BCUT2D eigenvalue weighted by atomic mass is 10.1. The fourth-order valence-electron chi connectivity index (χ4n) is 2.36. The number of benzene rings is 2. The fraction of sp³-hybridized carbons (Fsp3) is 0.118. The Labute approximate surface area is 165 Å². The van der Waals surface area contributed by atoms with Crippen molar-refractivity contribution in [3.05, 3.63) is 50.4 Å². The molecule has 1 amide bonds. The lowest BCUT2D eigenvalue weighted by Gasteiger charge is -2.09. The van der Waals surface area contributed by atoms with Gasteiger partial charge < -0.3 is 10.1 Å². The molecule has 3 rings (SSSR count). The largest absolute Gasteiger partial charge is 0.495 e. The number of nitrogens with one attached hydrogen (secondary N) is 1. The summed E-state index contributed by atoms with van der Waals surface area (Å²) in [6, 6.07) is 7.57. The summed E-state index contributed by atoms with van der Waals surface area (Å²) in [5.74, 6) is 0.413. The number of aryl methyl sites for hydroxylation is 1. The van der Waals surface area contributed by atoms with E-state index in [9.17, 15) is 4.79 Å². The first kappa shape index (κ1) is 18.0. The minimum Gasteiger partial charge on any atom is -0.495 e. The number of ether oxygens (including phenoxy) is 1. The summed E-state index contributed by atoms with van der Waals surface area (Å²) in [5.41, 5.74) is 3.87. The molecular weight excluding hydrogens is 470 g/mol. The van der Waals surface area contributed by atoms with Crippen LogP contribution >= 0.6 is 43.6 Å². The maximum atomic E-state index is 12.4. The Hall–Kier alpha value is -1.77. The third kappa shape index (κ3) is 3.91. The second-order valence-corrected chi connectivity index (χ2v) is 7.52. The molecule has 0 spiro atoms. The fourth-order valence-corrected chi connectivity index (χ4v) is 4.32. The topological polar surface area (TPSA) is 64.1 Å².